The van der Waals surface area contributed by atoms with Gasteiger partial charge in [-0.05, 0) is 55.9 Å². The third-order valence-electron chi connectivity index (χ3n) is 5.27. The van der Waals surface area contributed by atoms with Gasteiger partial charge in [0.15, 0.2) is 0 Å². The van der Waals surface area contributed by atoms with Crippen LogP contribution in [-0.4, -0.2) is 44.3 Å². The van der Waals surface area contributed by atoms with Gasteiger partial charge in [0.2, 0.25) is 0 Å². The van der Waals surface area contributed by atoms with Gasteiger partial charge in [0.1, 0.15) is 0 Å². The molecular weight excluding hydrogens is 332 g/mol. The lowest BCUT2D eigenvalue weighted by atomic mass is 10.1. The molecule has 0 aliphatic carbocycles. The van der Waals surface area contributed by atoms with Crippen LogP contribution in [0.1, 0.15) is 54.1 Å². The zero-order chi connectivity index (χ0) is 17.2. The first-order chi connectivity index (χ1) is 12.2. The number of hydrogen-bond donors (Lipinski definition) is 1. The van der Waals surface area contributed by atoms with Gasteiger partial charge in [-0.15, -0.1) is 11.3 Å². The molecule has 2 aliphatic rings. The maximum atomic E-state index is 9.72. The molecule has 2 aromatic rings. The Bertz CT molecular complexity index is 702. The predicted molar refractivity (Wildman–Crippen MR) is 100 cm³/mol. The molecule has 2 aliphatic heterocycles. The topological polar surface area (TPSA) is 44.5 Å². The molecular formula is C19H28N4OS. The molecule has 1 N–H and O–H groups in total. The van der Waals surface area contributed by atoms with E-state index in [4.69, 9.17) is 0 Å². The van der Waals surface area contributed by atoms with Gasteiger partial charge < -0.3 is 5.11 Å². The van der Waals surface area contributed by atoms with E-state index in [0.29, 0.717) is 0 Å². The molecule has 6 heteroatoms. The number of aliphatic hydroxyl groups excluding tert-OH is 1. The Kier molecular flexibility index (Phi) is 5.22. The SMILES string of the molecule is C[C@H](O)c1cc2n(n1)CCN(Cc1cc(CN3CCCCC3)cs1)C2. The van der Waals surface area contributed by atoms with Gasteiger partial charge in [-0.1, -0.05) is 6.42 Å². The van der Waals surface area contributed by atoms with Crippen molar-refractivity contribution in [3.8, 4) is 0 Å². The van der Waals surface area contributed by atoms with Crippen molar-refractivity contribution in [1.29, 1.82) is 0 Å². The fraction of sp³-hybridized carbons (Fsp3) is 0.632. The van der Waals surface area contributed by atoms with Gasteiger partial charge in [0, 0.05) is 31.1 Å². The van der Waals surface area contributed by atoms with Gasteiger partial charge >= 0.3 is 0 Å². The highest BCUT2D eigenvalue weighted by molar-refractivity contribution is 7.10. The largest absolute Gasteiger partial charge is 0.387 e. The van der Waals surface area contributed by atoms with Crippen LogP contribution in [0.15, 0.2) is 17.5 Å². The predicted octanol–water partition coefficient (Wildman–Crippen LogP) is 3.00. The molecule has 136 valence electrons. The molecule has 0 amide bonds. The van der Waals surface area contributed by atoms with Gasteiger partial charge in [0.25, 0.3) is 0 Å². The molecule has 2 aromatic heterocycles. The van der Waals surface area contributed by atoms with Crippen molar-refractivity contribution in [3.05, 3.63) is 39.3 Å². The van der Waals surface area contributed by atoms with Crippen LogP contribution in [0.5, 0.6) is 0 Å². The first-order valence-electron chi connectivity index (χ1n) is 9.43. The van der Waals surface area contributed by atoms with Crippen LogP contribution in [0.2, 0.25) is 0 Å². The Labute approximate surface area is 153 Å². The van der Waals surface area contributed by atoms with E-state index < -0.39 is 6.10 Å². The number of rotatable bonds is 5. The highest BCUT2D eigenvalue weighted by Crippen LogP contribution is 2.23. The lowest BCUT2D eigenvalue weighted by Crippen LogP contribution is -2.33. The van der Waals surface area contributed by atoms with Crippen LogP contribution in [-0.2, 0) is 26.2 Å². The van der Waals surface area contributed by atoms with Crippen molar-refractivity contribution < 1.29 is 5.11 Å². The summed E-state index contributed by atoms with van der Waals surface area (Å²) in [7, 11) is 0. The fourth-order valence-corrected chi connectivity index (χ4v) is 4.79. The van der Waals surface area contributed by atoms with Gasteiger partial charge in [0.05, 0.1) is 24.0 Å². The Morgan fingerprint density at radius 3 is 2.72 bits per heavy atom. The third-order valence-corrected chi connectivity index (χ3v) is 6.24. The van der Waals surface area contributed by atoms with E-state index in [1.165, 1.54) is 48.5 Å². The van der Waals surface area contributed by atoms with E-state index >= 15 is 0 Å². The molecule has 4 rings (SSSR count). The first-order valence-corrected chi connectivity index (χ1v) is 10.3. The normalized spacial score (nSPS) is 20.6. The van der Waals surface area contributed by atoms with E-state index in [0.717, 1.165) is 38.4 Å². The van der Waals surface area contributed by atoms with Crippen molar-refractivity contribution in [2.75, 3.05) is 19.6 Å². The summed E-state index contributed by atoms with van der Waals surface area (Å²) in [5, 5.41) is 16.6. The highest BCUT2D eigenvalue weighted by atomic mass is 32.1. The van der Waals surface area contributed by atoms with Crippen LogP contribution < -0.4 is 0 Å². The van der Waals surface area contributed by atoms with Crippen LogP contribution in [0.25, 0.3) is 0 Å². The molecule has 0 bridgehead atoms. The summed E-state index contributed by atoms with van der Waals surface area (Å²) in [6.45, 7) is 9.27. The Morgan fingerprint density at radius 2 is 1.92 bits per heavy atom. The van der Waals surface area contributed by atoms with Gasteiger partial charge in [-0.25, -0.2) is 0 Å². The smallest absolute Gasteiger partial charge is 0.0950 e. The van der Waals surface area contributed by atoms with Crippen molar-refractivity contribution >= 4 is 11.3 Å². The van der Waals surface area contributed by atoms with Crippen molar-refractivity contribution in [3.63, 3.8) is 0 Å². The maximum absolute atomic E-state index is 9.72. The molecule has 0 spiro atoms. The second-order valence-corrected chi connectivity index (χ2v) is 8.42. The number of fused-ring (bicyclic) bond motifs is 1. The number of nitrogens with zero attached hydrogens (tertiary/aromatic N) is 4. The summed E-state index contributed by atoms with van der Waals surface area (Å²) in [6.07, 6.45) is 3.62. The second-order valence-electron chi connectivity index (χ2n) is 7.43. The average Bonchev–Trinajstić information content (AvgIpc) is 3.22. The van der Waals surface area contributed by atoms with E-state index in [1.807, 2.05) is 17.4 Å². The summed E-state index contributed by atoms with van der Waals surface area (Å²) >= 11 is 1.89. The molecule has 5 nitrogen and oxygen atoms in total. The standard InChI is InChI=1S/C19H28N4OS/c1-15(24)19-10-17-12-22(7-8-23(17)20-19)13-18-9-16(14-25-18)11-21-5-3-2-4-6-21/h9-10,14-15,24H,2-8,11-13H2,1H3/t15-/m0/s1. The Morgan fingerprint density at radius 1 is 1.08 bits per heavy atom. The van der Waals surface area contributed by atoms with Crippen LogP contribution >= 0.6 is 11.3 Å². The van der Waals surface area contributed by atoms with Crippen LogP contribution in [0.3, 0.4) is 0 Å². The minimum atomic E-state index is -0.485. The van der Waals surface area contributed by atoms with Gasteiger partial charge in [-0.2, -0.15) is 5.10 Å². The molecule has 1 fully saturated rings. The Hall–Kier alpha value is -1.21. The highest BCUT2D eigenvalue weighted by Gasteiger charge is 2.20. The van der Waals surface area contributed by atoms with E-state index in [9.17, 15) is 5.11 Å². The maximum Gasteiger partial charge on any atom is 0.0950 e. The fourth-order valence-electron chi connectivity index (χ4n) is 3.87. The Balaban J connectivity index is 1.34. The number of piperidine rings is 1. The van der Waals surface area contributed by atoms with Crippen molar-refractivity contribution in [2.45, 2.75) is 58.5 Å². The van der Waals surface area contributed by atoms with Crippen molar-refractivity contribution in [2.24, 2.45) is 0 Å². The quantitative estimate of drug-likeness (QED) is 0.890. The molecule has 0 radical (unpaired) electrons. The van der Waals surface area contributed by atoms with E-state index in [1.54, 1.807) is 6.92 Å². The van der Waals surface area contributed by atoms with E-state index in [-0.39, 0.29) is 0 Å². The summed E-state index contributed by atoms with van der Waals surface area (Å²) in [4.78, 5) is 6.53. The average molecular weight is 361 g/mol. The van der Waals surface area contributed by atoms with Crippen LogP contribution in [0, 0.1) is 0 Å². The number of aliphatic hydroxyl groups is 1. The molecule has 0 aromatic carbocycles. The molecule has 0 saturated carbocycles. The molecule has 4 heterocycles. The van der Waals surface area contributed by atoms with E-state index in [2.05, 4.69) is 31.0 Å². The number of likely N-dealkylation sites (tertiary alicyclic amines) is 1. The summed E-state index contributed by atoms with van der Waals surface area (Å²) in [5.41, 5.74) is 3.48. The lowest BCUT2D eigenvalue weighted by Gasteiger charge is -2.27. The third kappa shape index (κ3) is 4.14. The molecule has 0 unspecified atom stereocenters. The second kappa shape index (κ2) is 7.58. The lowest BCUT2D eigenvalue weighted by molar-refractivity contribution is 0.189. The number of thiophene rings is 1. The number of aromatic nitrogens is 2. The monoisotopic (exact) mass is 360 g/mol. The first kappa shape index (κ1) is 17.2. The van der Waals surface area contributed by atoms with Crippen molar-refractivity contribution in [1.82, 2.24) is 19.6 Å². The minimum absolute atomic E-state index is 0.485. The van der Waals surface area contributed by atoms with Gasteiger partial charge in [-0.3, -0.25) is 14.5 Å². The minimum Gasteiger partial charge on any atom is -0.387 e. The van der Waals surface area contributed by atoms with Crippen LogP contribution in [0.4, 0.5) is 0 Å². The summed E-state index contributed by atoms with van der Waals surface area (Å²) in [6, 6.07) is 4.44. The summed E-state index contributed by atoms with van der Waals surface area (Å²) < 4.78 is 2.05. The molecule has 25 heavy (non-hydrogen) atoms. The summed E-state index contributed by atoms with van der Waals surface area (Å²) in [5.74, 6) is 0. The zero-order valence-electron chi connectivity index (χ0n) is 15.0. The molecule has 1 saturated heterocycles. The number of hydrogen-bond acceptors (Lipinski definition) is 5. The zero-order valence-corrected chi connectivity index (χ0v) is 15.8. The molecule has 1 atom stereocenters.